The van der Waals surface area contributed by atoms with Gasteiger partial charge < -0.3 is 15.0 Å². The van der Waals surface area contributed by atoms with Gasteiger partial charge in [-0.3, -0.25) is 9.59 Å². The summed E-state index contributed by atoms with van der Waals surface area (Å²) in [5, 5.41) is 2.72. The van der Waals surface area contributed by atoms with E-state index in [0.717, 1.165) is 5.56 Å². The average molecular weight is 354 g/mol. The average Bonchev–Trinajstić information content (AvgIpc) is 2.60. The molecule has 0 atom stereocenters. The molecule has 0 heterocycles. The first-order chi connectivity index (χ1) is 12.4. The highest BCUT2D eigenvalue weighted by Crippen LogP contribution is 2.17. The van der Waals surface area contributed by atoms with Gasteiger partial charge in [-0.25, -0.2) is 4.79 Å². The number of anilines is 2. The fourth-order valence-corrected chi connectivity index (χ4v) is 2.43. The van der Waals surface area contributed by atoms with E-state index >= 15 is 0 Å². The summed E-state index contributed by atoms with van der Waals surface area (Å²) in [5.74, 6) is -0.957. The fourth-order valence-electron chi connectivity index (χ4n) is 2.43. The van der Waals surface area contributed by atoms with Crippen LogP contribution < -0.4 is 10.2 Å². The van der Waals surface area contributed by atoms with Crippen molar-refractivity contribution in [3.63, 3.8) is 0 Å². The van der Waals surface area contributed by atoms with E-state index < -0.39 is 5.97 Å². The Bertz CT molecular complexity index is 800. The van der Waals surface area contributed by atoms with Crippen molar-refractivity contribution in [2.75, 3.05) is 23.4 Å². The van der Waals surface area contributed by atoms with E-state index in [9.17, 15) is 14.4 Å². The Morgan fingerprint density at radius 1 is 1.08 bits per heavy atom. The summed E-state index contributed by atoms with van der Waals surface area (Å²) in [7, 11) is 0. The number of nitrogens with one attached hydrogen (secondary N) is 1. The lowest BCUT2D eigenvalue weighted by atomic mass is 10.2. The molecule has 2 aromatic carbocycles. The van der Waals surface area contributed by atoms with Gasteiger partial charge in [-0.2, -0.15) is 0 Å². The molecule has 0 radical (unpaired) electrons. The molecule has 0 saturated heterocycles. The van der Waals surface area contributed by atoms with Crippen molar-refractivity contribution in [1.82, 2.24) is 0 Å². The zero-order valence-corrected chi connectivity index (χ0v) is 15.1. The van der Waals surface area contributed by atoms with E-state index in [2.05, 4.69) is 5.32 Å². The van der Waals surface area contributed by atoms with Gasteiger partial charge in [0.25, 0.3) is 0 Å². The van der Waals surface area contributed by atoms with Crippen molar-refractivity contribution in [3.05, 3.63) is 59.7 Å². The number of carbonyl (C=O) groups excluding carboxylic acids is 3. The molecule has 0 unspecified atom stereocenters. The van der Waals surface area contributed by atoms with Crippen LogP contribution in [0.25, 0.3) is 0 Å². The van der Waals surface area contributed by atoms with Gasteiger partial charge in [-0.1, -0.05) is 12.1 Å². The van der Waals surface area contributed by atoms with Gasteiger partial charge >= 0.3 is 5.97 Å². The fraction of sp³-hybridized carbons (Fsp3) is 0.250. The van der Waals surface area contributed by atoms with Crippen LogP contribution in [0.5, 0.6) is 0 Å². The SMILES string of the molecule is CCOC(=O)c1ccc(NC(=O)CN(C(C)=O)c2cccc(C)c2)cc1. The highest BCUT2D eigenvalue weighted by molar-refractivity contribution is 6.02. The van der Waals surface area contributed by atoms with Crippen molar-refractivity contribution in [3.8, 4) is 0 Å². The second-order valence-corrected chi connectivity index (χ2v) is 5.79. The molecule has 1 N–H and O–H groups in total. The topological polar surface area (TPSA) is 75.7 Å². The molecule has 2 rings (SSSR count). The van der Waals surface area contributed by atoms with Crippen LogP contribution in [0.15, 0.2) is 48.5 Å². The van der Waals surface area contributed by atoms with Gasteiger partial charge in [0.1, 0.15) is 6.54 Å². The lowest BCUT2D eigenvalue weighted by Crippen LogP contribution is -2.36. The third-order valence-corrected chi connectivity index (χ3v) is 3.67. The predicted molar refractivity (Wildman–Crippen MR) is 100 cm³/mol. The molecule has 0 bridgehead atoms. The number of esters is 1. The Morgan fingerprint density at radius 2 is 1.77 bits per heavy atom. The van der Waals surface area contributed by atoms with Gasteiger partial charge in [-0.05, 0) is 55.8 Å². The van der Waals surface area contributed by atoms with E-state index in [4.69, 9.17) is 4.74 Å². The molecular weight excluding hydrogens is 332 g/mol. The summed E-state index contributed by atoms with van der Waals surface area (Å²) in [6.07, 6.45) is 0. The Balaban J connectivity index is 2.04. The van der Waals surface area contributed by atoms with Gasteiger partial charge in [-0.15, -0.1) is 0 Å². The summed E-state index contributed by atoms with van der Waals surface area (Å²) < 4.78 is 4.92. The largest absolute Gasteiger partial charge is 0.462 e. The van der Waals surface area contributed by atoms with Crippen LogP contribution >= 0.6 is 0 Å². The van der Waals surface area contributed by atoms with Gasteiger partial charge in [0, 0.05) is 18.3 Å². The predicted octanol–water partition coefficient (Wildman–Crippen LogP) is 3.16. The molecule has 0 aromatic heterocycles. The first-order valence-corrected chi connectivity index (χ1v) is 8.32. The standard InChI is InChI=1S/C20H22N2O4/c1-4-26-20(25)16-8-10-17(11-9-16)21-19(24)13-22(15(3)23)18-7-5-6-14(2)12-18/h5-12H,4,13H2,1-3H3,(H,21,24). The second kappa shape index (κ2) is 8.80. The van der Waals surface area contributed by atoms with E-state index in [1.54, 1.807) is 37.3 Å². The van der Waals surface area contributed by atoms with Crippen LogP contribution in [0.4, 0.5) is 11.4 Å². The Hall–Kier alpha value is -3.15. The zero-order chi connectivity index (χ0) is 19.1. The first kappa shape index (κ1) is 19.2. The molecule has 2 aromatic rings. The van der Waals surface area contributed by atoms with Gasteiger partial charge in [0.05, 0.1) is 12.2 Å². The summed E-state index contributed by atoms with van der Waals surface area (Å²) >= 11 is 0. The molecule has 0 aliphatic heterocycles. The Morgan fingerprint density at radius 3 is 2.35 bits per heavy atom. The third kappa shape index (κ3) is 5.17. The van der Waals surface area contributed by atoms with Crippen LogP contribution in [-0.2, 0) is 14.3 Å². The monoisotopic (exact) mass is 354 g/mol. The lowest BCUT2D eigenvalue weighted by molar-refractivity contribution is -0.120. The van der Waals surface area contributed by atoms with E-state index in [-0.39, 0.29) is 18.4 Å². The maximum absolute atomic E-state index is 12.3. The quantitative estimate of drug-likeness (QED) is 0.809. The number of rotatable bonds is 6. The molecule has 0 saturated carbocycles. The lowest BCUT2D eigenvalue weighted by Gasteiger charge is -2.21. The number of amides is 2. The van der Waals surface area contributed by atoms with Crippen LogP contribution in [0, 0.1) is 6.92 Å². The molecule has 26 heavy (non-hydrogen) atoms. The van der Waals surface area contributed by atoms with Gasteiger partial charge in [0.2, 0.25) is 11.8 Å². The molecule has 0 aliphatic rings. The summed E-state index contributed by atoms with van der Waals surface area (Å²) in [6.45, 7) is 5.29. The zero-order valence-electron chi connectivity index (χ0n) is 15.1. The maximum atomic E-state index is 12.3. The minimum Gasteiger partial charge on any atom is -0.462 e. The smallest absolute Gasteiger partial charge is 0.338 e. The molecule has 2 amide bonds. The summed E-state index contributed by atoms with van der Waals surface area (Å²) in [6, 6.07) is 13.8. The number of carbonyl (C=O) groups is 3. The normalized spacial score (nSPS) is 10.1. The summed E-state index contributed by atoms with van der Waals surface area (Å²) in [4.78, 5) is 37.3. The highest BCUT2D eigenvalue weighted by atomic mass is 16.5. The third-order valence-electron chi connectivity index (χ3n) is 3.67. The second-order valence-electron chi connectivity index (χ2n) is 5.79. The minimum absolute atomic E-state index is 0.0988. The van der Waals surface area contributed by atoms with Crippen molar-refractivity contribution in [2.24, 2.45) is 0 Å². The maximum Gasteiger partial charge on any atom is 0.338 e. The van der Waals surface area contributed by atoms with E-state index in [1.165, 1.54) is 11.8 Å². The molecule has 0 fully saturated rings. The van der Waals surface area contributed by atoms with Crippen LogP contribution in [0.1, 0.15) is 29.8 Å². The molecule has 6 nitrogen and oxygen atoms in total. The number of aryl methyl sites for hydroxylation is 1. The molecule has 136 valence electrons. The number of benzene rings is 2. The van der Waals surface area contributed by atoms with E-state index in [1.807, 2.05) is 25.1 Å². The minimum atomic E-state index is -0.410. The molecular formula is C20H22N2O4. The van der Waals surface area contributed by atoms with Crippen molar-refractivity contribution in [2.45, 2.75) is 20.8 Å². The van der Waals surface area contributed by atoms with E-state index in [0.29, 0.717) is 23.5 Å². The van der Waals surface area contributed by atoms with Crippen molar-refractivity contribution >= 4 is 29.2 Å². The Kier molecular flexibility index (Phi) is 6.49. The van der Waals surface area contributed by atoms with Crippen LogP contribution in [-0.4, -0.2) is 30.9 Å². The number of nitrogens with zero attached hydrogens (tertiary/aromatic N) is 1. The van der Waals surface area contributed by atoms with Crippen LogP contribution in [0.3, 0.4) is 0 Å². The highest BCUT2D eigenvalue weighted by Gasteiger charge is 2.16. The van der Waals surface area contributed by atoms with Crippen LogP contribution in [0.2, 0.25) is 0 Å². The van der Waals surface area contributed by atoms with Crippen molar-refractivity contribution < 1.29 is 19.1 Å². The molecule has 6 heteroatoms. The van der Waals surface area contributed by atoms with Gasteiger partial charge in [0.15, 0.2) is 0 Å². The summed E-state index contributed by atoms with van der Waals surface area (Å²) in [5.41, 5.74) is 2.62. The number of hydrogen-bond acceptors (Lipinski definition) is 4. The van der Waals surface area contributed by atoms with Crippen molar-refractivity contribution in [1.29, 1.82) is 0 Å². The molecule has 0 aliphatic carbocycles. The Labute approximate surface area is 152 Å². The first-order valence-electron chi connectivity index (χ1n) is 8.32. The molecule has 0 spiro atoms. The number of hydrogen-bond donors (Lipinski definition) is 1. The number of ether oxygens (including phenoxy) is 1.